The lowest BCUT2D eigenvalue weighted by Gasteiger charge is -1.93. The van der Waals surface area contributed by atoms with E-state index in [0.717, 1.165) is 11.1 Å². The van der Waals surface area contributed by atoms with E-state index >= 15 is 0 Å². The molecule has 3 nitrogen and oxygen atoms in total. The Morgan fingerprint density at radius 3 is 3.07 bits per heavy atom. The lowest BCUT2D eigenvalue weighted by Crippen LogP contribution is -1.94. The Balaban J connectivity index is 2.23. The first-order chi connectivity index (χ1) is 7.31. The standard InChI is InChI=1S/C11H8ClO3/c12-10-3-1-2-8-6-9(15-11(8)10)4-5-14-7-13/h1-3,6H,4-5H2. The van der Waals surface area contributed by atoms with Gasteiger partial charge in [0.25, 0.3) is 0 Å². The van der Waals surface area contributed by atoms with Crippen LogP contribution >= 0.6 is 11.6 Å². The van der Waals surface area contributed by atoms with Crippen LogP contribution in [0.5, 0.6) is 0 Å². The number of furan rings is 1. The molecule has 0 spiro atoms. The molecule has 0 N–H and O–H groups in total. The highest BCUT2D eigenvalue weighted by Crippen LogP contribution is 2.26. The van der Waals surface area contributed by atoms with Gasteiger partial charge in [-0.2, -0.15) is 0 Å². The quantitative estimate of drug-likeness (QED) is 0.749. The summed E-state index contributed by atoms with van der Waals surface area (Å²) in [5, 5.41) is 1.54. The Kier molecular flexibility index (Phi) is 2.92. The Bertz CT molecular complexity index is 476. The van der Waals surface area contributed by atoms with Crippen molar-refractivity contribution in [2.24, 2.45) is 0 Å². The van der Waals surface area contributed by atoms with Crippen LogP contribution in [0, 0.1) is 0 Å². The summed E-state index contributed by atoms with van der Waals surface area (Å²) < 4.78 is 9.97. The second-order valence-electron chi connectivity index (χ2n) is 3.05. The van der Waals surface area contributed by atoms with Crippen molar-refractivity contribution >= 4 is 29.0 Å². The molecular weight excluding hydrogens is 216 g/mol. The fourth-order valence-electron chi connectivity index (χ4n) is 1.40. The smallest absolute Gasteiger partial charge is 0.417 e. The number of para-hydroxylation sites is 1. The number of ether oxygens (including phenoxy) is 1. The van der Waals surface area contributed by atoms with E-state index in [2.05, 4.69) is 4.74 Å². The van der Waals surface area contributed by atoms with Gasteiger partial charge in [0, 0.05) is 11.8 Å². The number of halogens is 1. The number of benzene rings is 1. The van der Waals surface area contributed by atoms with Gasteiger partial charge in [0.2, 0.25) is 0 Å². The molecule has 77 valence electrons. The minimum absolute atomic E-state index is 0.265. The van der Waals surface area contributed by atoms with Crippen LogP contribution in [0.4, 0.5) is 0 Å². The molecule has 0 unspecified atom stereocenters. The van der Waals surface area contributed by atoms with Gasteiger partial charge in [-0.25, -0.2) is 4.79 Å². The van der Waals surface area contributed by atoms with Crippen molar-refractivity contribution in [3.63, 3.8) is 0 Å². The van der Waals surface area contributed by atoms with E-state index in [1.54, 1.807) is 6.07 Å². The maximum absolute atomic E-state index is 9.82. The molecule has 0 saturated heterocycles. The average Bonchev–Trinajstić information content (AvgIpc) is 2.63. The molecule has 2 aromatic rings. The van der Waals surface area contributed by atoms with Crippen molar-refractivity contribution in [2.45, 2.75) is 6.42 Å². The summed E-state index contributed by atoms with van der Waals surface area (Å²) >= 11 is 5.94. The molecular formula is C11H8ClO3. The van der Waals surface area contributed by atoms with Gasteiger partial charge in [0.15, 0.2) is 5.58 Å². The lowest BCUT2D eigenvalue weighted by atomic mass is 10.2. The van der Waals surface area contributed by atoms with E-state index in [9.17, 15) is 4.79 Å². The highest BCUT2D eigenvalue weighted by Gasteiger charge is 2.06. The monoisotopic (exact) mass is 223 g/mol. The van der Waals surface area contributed by atoms with Gasteiger partial charge in [0.1, 0.15) is 5.76 Å². The van der Waals surface area contributed by atoms with Gasteiger partial charge in [-0.1, -0.05) is 23.7 Å². The molecule has 0 aliphatic heterocycles. The molecule has 0 bridgehead atoms. The highest BCUT2D eigenvalue weighted by atomic mass is 35.5. The summed E-state index contributed by atoms with van der Waals surface area (Å²) in [5.74, 6) is 0.744. The third-order valence-corrected chi connectivity index (χ3v) is 2.35. The van der Waals surface area contributed by atoms with E-state index < -0.39 is 0 Å². The topological polar surface area (TPSA) is 39.4 Å². The third-order valence-electron chi connectivity index (χ3n) is 2.06. The van der Waals surface area contributed by atoms with E-state index in [-0.39, 0.29) is 6.61 Å². The van der Waals surface area contributed by atoms with Gasteiger partial charge in [-0.05, 0) is 12.1 Å². The molecule has 0 aliphatic rings. The van der Waals surface area contributed by atoms with Crippen LogP contribution in [0.3, 0.4) is 0 Å². The summed E-state index contributed by atoms with van der Waals surface area (Å²) in [6.45, 7) is 1.63. The van der Waals surface area contributed by atoms with Gasteiger partial charge in [-0.15, -0.1) is 0 Å². The van der Waals surface area contributed by atoms with Crippen LogP contribution in [-0.4, -0.2) is 13.1 Å². The summed E-state index contributed by atoms with van der Waals surface area (Å²) in [6.07, 6.45) is 0.528. The fraction of sp³-hybridized carbons (Fsp3) is 0.182. The summed E-state index contributed by atoms with van der Waals surface area (Å²) in [5.41, 5.74) is 0.671. The molecule has 0 fully saturated rings. The first-order valence-corrected chi connectivity index (χ1v) is 4.85. The van der Waals surface area contributed by atoms with E-state index in [4.69, 9.17) is 16.0 Å². The van der Waals surface area contributed by atoms with Crippen molar-refractivity contribution in [3.8, 4) is 0 Å². The number of fused-ring (bicyclic) bond motifs is 1. The number of hydrogen-bond donors (Lipinski definition) is 0. The maximum atomic E-state index is 9.82. The van der Waals surface area contributed by atoms with Crippen molar-refractivity contribution in [1.82, 2.24) is 0 Å². The van der Waals surface area contributed by atoms with E-state index in [1.165, 1.54) is 6.47 Å². The zero-order chi connectivity index (χ0) is 10.7. The van der Waals surface area contributed by atoms with Crippen LogP contribution in [0.15, 0.2) is 28.7 Å². The van der Waals surface area contributed by atoms with E-state index in [1.807, 2.05) is 18.2 Å². The molecule has 0 amide bonds. The van der Waals surface area contributed by atoms with Gasteiger partial charge in [-0.3, -0.25) is 0 Å². The number of rotatable bonds is 4. The van der Waals surface area contributed by atoms with Gasteiger partial charge in [0.05, 0.1) is 11.6 Å². The maximum Gasteiger partial charge on any atom is 0.417 e. The summed E-state index contributed by atoms with van der Waals surface area (Å²) in [6, 6.07) is 7.43. The lowest BCUT2D eigenvalue weighted by molar-refractivity contribution is 0.274. The Labute approximate surface area is 91.6 Å². The van der Waals surface area contributed by atoms with Crippen molar-refractivity contribution in [2.75, 3.05) is 6.61 Å². The minimum Gasteiger partial charge on any atom is -0.459 e. The molecule has 1 aromatic carbocycles. The van der Waals surface area contributed by atoms with Gasteiger partial charge < -0.3 is 9.15 Å². The van der Waals surface area contributed by atoms with Crippen LogP contribution in [0.25, 0.3) is 11.0 Å². The molecule has 1 radical (unpaired) electrons. The first-order valence-electron chi connectivity index (χ1n) is 4.47. The predicted molar refractivity (Wildman–Crippen MR) is 56.6 cm³/mol. The van der Waals surface area contributed by atoms with Crippen molar-refractivity contribution in [3.05, 3.63) is 35.0 Å². The number of carbonyl (C=O) groups excluding carboxylic acids is 1. The van der Waals surface area contributed by atoms with Crippen LogP contribution in [0.2, 0.25) is 5.02 Å². The molecule has 0 atom stereocenters. The van der Waals surface area contributed by atoms with Crippen molar-refractivity contribution in [1.29, 1.82) is 0 Å². The van der Waals surface area contributed by atoms with E-state index in [0.29, 0.717) is 17.0 Å². The predicted octanol–water partition coefficient (Wildman–Crippen LogP) is 2.71. The molecule has 0 saturated carbocycles. The Hall–Kier alpha value is -1.48. The first kappa shape index (κ1) is 10.1. The zero-order valence-electron chi connectivity index (χ0n) is 7.83. The minimum atomic E-state index is 0.265. The third kappa shape index (κ3) is 2.13. The van der Waals surface area contributed by atoms with Crippen LogP contribution < -0.4 is 0 Å². The van der Waals surface area contributed by atoms with Crippen molar-refractivity contribution < 1.29 is 13.9 Å². The largest absolute Gasteiger partial charge is 0.459 e. The van der Waals surface area contributed by atoms with Crippen LogP contribution in [0.1, 0.15) is 5.76 Å². The molecule has 1 aromatic heterocycles. The molecule has 0 aliphatic carbocycles. The molecule has 1 heterocycles. The molecule has 4 heteroatoms. The second kappa shape index (κ2) is 4.36. The summed E-state index contributed by atoms with van der Waals surface area (Å²) in [4.78, 5) is 9.82. The molecule has 2 rings (SSSR count). The Morgan fingerprint density at radius 1 is 1.47 bits per heavy atom. The summed E-state index contributed by atoms with van der Waals surface area (Å²) in [7, 11) is 0. The van der Waals surface area contributed by atoms with Gasteiger partial charge >= 0.3 is 6.47 Å². The second-order valence-corrected chi connectivity index (χ2v) is 3.46. The fourth-order valence-corrected chi connectivity index (χ4v) is 1.62. The highest BCUT2D eigenvalue weighted by molar-refractivity contribution is 6.34. The van der Waals surface area contributed by atoms with Crippen LogP contribution in [-0.2, 0) is 16.0 Å². The zero-order valence-corrected chi connectivity index (χ0v) is 8.58. The molecule has 15 heavy (non-hydrogen) atoms. The Morgan fingerprint density at radius 2 is 2.33 bits per heavy atom. The number of hydrogen-bond acceptors (Lipinski definition) is 3. The average molecular weight is 224 g/mol. The SMILES string of the molecule is O=[C]OCCc1cc2cccc(Cl)c2o1. The normalized spacial score (nSPS) is 10.5.